The van der Waals surface area contributed by atoms with Crippen LogP contribution < -0.4 is 10.0 Å². The van der Waals surface area contributed by atoms with Crippen LogP contribution in [0.5, 0.6) is 0 Å². The standard InChI is InChI=1S/C22H26ClN3O4S/c1-2-12-24-21(27)17-6-4-13-26(15-17)22(28)16-5-3-7-19(14-16)25-31(29,30)20-10-8-18(23)9-11-20/h3,5,7-11,14,17,25H,2,4,6,12-13,15H2,1H3,(H,24,27)/t17-/m1/s1. The molecule has 166 valence electrons. The number of halogens is 1. The average Bonchev–Trinajstić information content (AvgIpc) is 2.77. The van der Waals surface area contributed by atoms with E-state index in [9.17, 15) is 18.0 Å². The molecule has 0 unspecified atom stereocenters. The molecule has 2 amide bonds. The minimum absolute atomic E-state index is 0.0242. The Bertz CT molecular complexity index is 1040. The maximum Gasteiger partial charge on any atom is 0.261 e. The van der Waals surface area contributed by atoms with Crippen molar-refractivity contribution in [2.45, 2.75) is 31.1 Å². The summed E-state index contributed by atoms with van der Waals surface area (Å²) in [7, 11) is -3.81. The van der Waals surface area contributed by atoms with Gasteiger partial charge in [0.15, 0.2) is 0 Å². The first-order chi connectivity index (χ1) is 14.8. The second-order valence-electron chi connectivity index (χ2n) is 7.52. The molecule has 2 aromatic carbocycles. The molecule has 1 fully saturated rings. The number of hydrogen-bond donors (Lipinski definition) is 2. The molecular formula is C22H26ClN3O4S. The number of piperidine rings is 1. The van der Waals surface area contributed by atoms with Crippen molar-refractivity contribution in [1.29, 1.82) is 0 Å². The minimum Gasteiger partial charge on any atom is -0.356 e. The lowest BCUT2D eigenvalue weighted by atomic mass is 9.96. The first kappa shape index (κ1) is 23.1. The van der Waals surface area contributed by atoms with Crippen molar-refractivity contribution in [3.8, 4) is 0 Å². The summed E-state index contributed by atoms with van der Waals surface area (Å²) in [6.45, 7) is 3.54. The van der Waals surface area contributed by atoms with Gasteiger partial charge in [0.2, 0.25) is 5.91 Å². The summed E-state index contributed by atoms with van der Waals surface area (Å²) < 4.78 is 27.7. The van der Waals surface area contributed by atoms with Crippen molar-refractivity contribution in [3.05, 3.63) is 59.1 Å². The zero-order chi connectivity index (χ0) is 22.4. The number of anilines is 1. The highest BCUT2D eigenvalue weighted by atomic mass is 35.5. The van der Waals surface area contributed by atoms with Gasteiger partial charge in [-0.25, -0.2) is 8.42 Å². The molecule has 0 radical (unpaired) electrons. The summed E-state index contributed by atoms with van der Waals surface area (Å²) in [6.07, 6.45) is 2.36. The molecule has 2 aromatic rings. The van der Waals surface area contributed by atoms with Crippen LogP contribution in [0.4, 0.5) is 5.69 Å². The Morgan fingerprint density at radius 3 is 2.61 bits per heavy atom. The van der Waals surface area contributed by atoms with Crippen molar-refractivity contribution < 1.29 is 18.0 Å². The second-order valence-corrected chi connectivity index (χ2v) is 9.64. The van der Waals surface area contributed by atoms with Crippen molar-refractivity contribution in [3.63, 3.8) is 0 Å². The monoisotopic (exact) mass is 463 g/mol. The highest BCUT2D eigenvalue weighted by molar-refractivity contribution is 7.92. The first-order valence-corrected chi connectivity index (χ1v) is 12.1. The van der Waals surface area contributed by atoms with Gasteiger partial charge in [-0.05, 0) is 61.7 Å². The van der Waals surface area contributed by atoms with Crippen molar-refractivity contribution in [2.24, 2.45) is 5.92 Å². The lowest BCUT2D eigenvalue weighted by Gasteiger charge is -2.32. The fourth-order valence-corrected chi connectivity index (χ4v) is 4.67. The summed E-state index contributed by atoms with van der Waals surface area (Å²) in [5.41, 5.74) is 0.654. The zero-order valence-corrected chi connectivity index (χ0v) is 18.9. The summed E-state index contributed by atoms with van der Waals surface area (Å²) in [5, 5.41) is 3.33. The fourth-order valence-electron chi connectivity index (χ4n) is 3.49. The van der Waals surface area contributed by atoms with E-state index < -0.39 is 10.0 Å². The number of carbonyl (C=O) groups is 2. The minimum atomic E-state index is -3.81. The van der Waals surface area contributed by atoms with E-state index in [1.807, 2.05) is 6.92 Å². The van der Waals surface area contributed by atoms with Crippen LogP contribution in [-0.2, 0) is 14.8 Å². The summed E-state index contributed by atoms with van der Waals surface area (Å²) in [6, 6.07) is 12.2. The number of benzene rings is 2. The molecule has 3 rings (SSSR count). The highest BCUT2D eigenvalue weighted by Crippen LogP contribution is 2.22. The van der Waals surface area contributed by atoms with E-state index in [0.717, 1.165) is 19.3 Å². The molecule has 2 N–H and O–H groups in total. The van der Waals surface area contributed by atoms with Crippen LogP contribution in [0.3, 0.4) is 0 Å². The molecule has 1 saturated heterocycles. The molecular weight excluding hydrogens is 438 g/mol. The van der Waals surface area contributed by atoms with Gasteiger partial charge in [0.25, 0.3) is 15.9 Å². The van der Waals surface area contributed by atoms with E-state index in [-0.39, 0.29) is 28.3 Å². The number of rotatable bonds is 7. The van der Waals surface area contributed by atoms with Crippen LogP contribution in [0.1, 0.15) is 36.5 Å². The van der Waals surface area contributed by atoms with Crippen molar-refractivity contribution >= 4 is 39.1 Å². The Kier molecular flexibility index (Phi) is 7.56. The maximum absolute atomic E-state index is 13.0. The number of nitrogens with one attached hydrogen (secondary N) is 2. The van der Waals surface area contributed by atoms with Crippen LogP contribution in [0.15, 0.2) is 53.4 Å². The number of sulfonamides is 1. The Hall–Kier alpha value is -2.58. The maximum atomic E-state index is 13.0. The van der Waals surface area contributed by atoms with Gasteiger partial charge >= 0.3 is 0 Å². The van der Waals surface area contributed by atoms with Crippen LogP contribution in [-0.4, -0.2) is 44.8 Å². The lowest BCUT2D eigenvalue weighted by molar-refractivity contribution is -0.126. The van der Waals surface area contributed by atoms with E-state index in [1.165, 1.54) is 30.3 Å². The third-order valence-corrected chi connectivity index (χ3v) is 6.76. The van der Waals surface area contributed by atoms with E-state index in [0.29, 0.717) is 30.2 Å². The number of hydrogen-bond acceptors (Lipinski definition) is 4. The Morgan fingerprint density at radius 1 is 1.16 bits per heavy atom. The van der Waals surface area contributed by atoms with E-state index in [4.69, 9.17) is 11.6 Å². The fraction of sp³-hybridized carbons (Fsp3) is 0.364. The largest absolute Gasteiger partial charge is 0.356 e. The van der Waals surface area contributed by atoms with Gasteiger partial charge in [-0.2, -0.15) is 0 Å². The van der Waals surface area contributed by atoms with E-state index in [2.05, 4.69) is 10.0 Å². The van der Waals surface area contributed by atoms with Gasteiger partial charge in [-0.15, -0.1) is 0 Å². The Balaban J connectivity index is 1.71. The molecule has 1 heterocycles. The molecule has 1 aliphatic rings. The molecule has 0 spiro atoms. The van der Waals surface area contributed by atoms with Crippen LogP contribution in [0, 0.1) is 5.92 Å². The van der Waals surface area contributed by atoms with Crippen molar-refractivity contribution in [1.82, 2.24) is 10.2 Å². The second kappa shape index (κ2) is 10.2. The Labute approximate surface area is 187 Å². The number of carbonyl (C=O) groups excluding carboxylic acids is 2. The molecule has 0 saturated carbocycles. The predicted molar refractivity (Wildman–Crippen MR) is 121 cm³/mol. The molecule has 9 heteroatoms. The topological polar surface area (TPSA) is 95.6 Å². The molecule has 0 aliphatic carbocycles. The number of likely N-dealkylation sites (tertiary alicyclic amines) is 1. The first-order valence-electron chi connectivity index (χ1n) is 10.3. The normalized spacial score (nSPS) is 16.6. The van der Waals surface area contributed by atoms with Crippen LogP contribution >= 0.6 is 11.6 Å². The van der Waals surface area contributed by atoms with Gasteiger partial charge < -0.3 is 10.2 Å². The summed E-state index contributed by atoms with van der Waals surface area (Å²) >= 11 is 5.82. The Morgan fingerprint density at radius 2 is 1.90 bits per heavy atom. The van der Waals surface area contributed by atoms with Gasteiger partial charge in [0.05, 0.1) is 10.8 Å². The summed E-state index contributed by atoms with van der Waals surface area (Å²) in [5.74, 6) is -0.472. The molecule has 7 nitrogen and oxygen atoms in total. The van der Waals surface area contributed by atoms with Gasteiger partial charge in [-0.1, -0.05) is 24.6 Å². The third kappa shape index (κ3) is 5.98. The summed E-state index contributed by atoms with van der Waals surface area (Å²) in [4.78, 5) is 27.0. The number of amides is 2. The number of nitrogens with zero attached hydrogens (tertiary/aromatic N) is 1. The van der Waals surface area contributed by atoms with Gasteiger partial charge in [-0.3, -0.25) is 14.3 Å². The molecule has 1 atom stereocenters. The van der Waals surface area contributed by atoms with Gasteiger partial charge in [0, 0.05) is 35.9 Å². The average molecular weight is 464 g/mol. The van der Waals surface area contributed by atoms with Crippen LogP contribution in [0.2, 0.25) is 5.02 Å². The smallest absolute Gasteiger partial charge is 0.261 e. The predicted octanol–water partition coefficient (Wildman–Crippen LogP) is 3.52. The highest BCUT2D eigenvalue weighted by Gasteiger charge is 2.29. The van der Waals surface area contributed by atoms with E-state index >= 15 is 0 Å². The third-order valence-electron chi connectivity index (χ3n) is 5.11. The van der Waals surface area contributed by atoms with Crippen molar-refractivity contribution in [2.75, 3.05) is 24.4 Å². The molecule has 1 aliphatic heterocycles. The zero-order valence-electron chi connectivity index (χ0n) is 17.3. The lowest BCUT2D eigenvalue weighted by Crippen LogP contribution is -2.45. The quantitative estimate of drug-likeness (QED) is 0.656. The van der Waals surface area contributed by atoms with E-state index in [1.54, 1.807) is 23.1 Å². The van der Waals surface area contributed by atoms with Gasteiger partial charge in [0.1, 0.15) is 0 Å². The molecule has 0 aromatic heterocycles. The molecule has 31 heavy (non-hydrogen) atoms. The SMILES string of the molecule is CCCNC(=O)[C@@H]1CCCN(C(=O)c2cccc(NS(=O)(=O)c3ccc(Cl)cc3)c2)C1. The molecule has 0 bridgehead atoms. The van der Waals surface area contributed by atoms with Crippen LogP contribution in [0.25, 0.3) is 0 Å².